The molecule has 0 aliphatic rings. The number of para-hydroxylation sites is 1. The number of benzene rings is 2. The highest BCUT2D eigenvalue weighted by Crippen LogP contribution is 2.26. The van der Waals surface area contributed by atoms with Gasteiger partial charge in [-0.3, -0.25) is 4.79 Å². The van der Waals surface area contributed by atoms with Gasteiger partial charge in [0, 0.05) is 4.90 Å². The molecule has 0 saturated heterocycles. The van der Waals surface area contributed by atoms with E-state index in [4.69, 9.17) is 4.74 Å². The van der Waals surface area contributed by atoms with Crippen molar-refractivity contribution in [2.45, 2.75) is 29.7 Å². The first-order chi connectivity index (χ1) is 12.3. The minimum Gasteiger partial charge on any atom is -0.495 e. The van der Waals surface area contributed by atoms with Gasteiger partial charge in [-0.25, -0.2) is 8.42 Å². The third-order valence-electron chi connectivity index (χ3n) is 3.70. The molecule has 2 aromatic carbocycles. The van der Waals surface area contributed by atoms with Crippen molar-refractivity contribution in [3.8, 4) is 5.75 Å². The smallest absolute Gasteiger partial charge is 0.244 e. The fraction of sp³-hybridized carbons (Fsp3) is 0.278. The van der Waals surface area contributed by atoms with Crippen molar-refractivity contribution in [3.05, 3.63) is 48.0 Å². The predicted molar refractivity (Wildman–Crippen MR) is 104 cm³/mol. The molecule has 8 heteroatoms. The standard InChI is InChI=1S/C18H22N2O4S2/c1-12-9-10-15(24-3)17(11-12)26(22,23)20-13(2)18(21)19-14-7-5-6-8-16(14)25-4/h5-11,13,20H,1-4H3,(H,19,21)/t13-/m0/s1. The van der Waals surface area contributed by atoms with E-state index in [9.17, 15) is 13.2 Å². The lowest BCUT2D eigenvalue weighted by atomic mass is 10.2. The van der Waals surface area contributed by atoms with Crippen LogP contribution < -0.4 is 14.8 Å². The highest BCUT2D eigenvalue weighted by atomic mass is 32.2. The molecule has 2 rings (SSSR count). The minimum absolute atomic E-state index is 0.00386. The Bertz CT molecular complexity index is 898. The maximum Gasteiger partial charge on any atom is 0.244 e. The van der Waals surface area contributed by atoms with Crippen molar-refractivity contribution in [2.75, 3.05) is 18.7 Å². The molecule has 1 amide bonds. The van der Waals surface area contributed by atoms with Crippen LogP contribution in [0.2, 0.25) is 0 Å². The van der Waals surface area contributed by atoms with Crippen molar-refractivity contribution in [3.63, 3.8) is 0 Å². The summed E-state index contributed by atoms with van der Waals surface area (Å²) >= 11 is 1.50. The van der Waals surface area contributed by atoms with Gasteiger partial charge in [-0.05, 0) is 49.9 Å². The third kappa shape index (κ3) is 4.78. The summed E-state index contributed by atoms with van der Waals surface area (Å²) in [6.45, 7) is 3.28. The maximum atomic E-state index is 12.7. The Hall–Kier alpha value is -2.03. The van der Waals surface area contributed by atoms with Crippen LogP contribution in [0.3, 0.4) is 0 Å². The zero-order valence-electron chi connectivity index (χ0n) is 15.1. The Morgan fingerprint density at radius 3 is 2.54 bits per heavy atom. The monoisotopic (exact) mass is 394 g/mol. The molecule has 2 N–H and O–H groups in total. The number of rotatable bonds is 7. The van der Waals surface area contributed by atoms with Gasteiger partial charge in [0.25, 0.3) is 0 Å². The molecule has 0 saturated carbocycles. The molecular weight excluding hydrogens is 372 g/mol. The number of ether oxygens (including phenoxy) is 1. The summed E-state index contributed by atoms with van der Waals surface area (Å²) in [5.74, 6) is -0.217. The van der Waals surface area contributed by atoms with Crippen molar-refractivity contribution in [1.82, 2.24) is 4.72 Å². The zero-order valence-corrected chi connectivity index (χ0v) is 16.7. The fourth-order valence-corrected chi connectivity index (χ4v) is 4.34. The molecule has 26 heavy (non-hydrogen) atoms. The Morgan fingerprint density at radius 1 is 1.19 bits per heavy atom. The van der Waals surface area contributed by atoms with Crippen LogP contribution in [0.15, 0.2) is 52.3 Å². The van der Waals surface area contributed by atoms with Crippen LogP contribution in [0.1, 0.15) is 12.5 Å². The van der Waals surface area contributed by atoms with Crippen LogP contribution in [-0.2, 0) is 14.8 Å². The van der Waals surface area contributed by atoms with Crippen molar-refractivity contribution in [2.24, 2.45) is 0 Å². The van der Waals surface area contributed by atoms with Crippen LogP contribution in [0, 0.1) is 6.92 Å². The highest BCUT2D eigenvalue weighted by molar-refractivity contribution is 7.98. The van der Waals surface area contributed by atoms with E-state index in [1.54, 1.807) is 25.1 Å². The van der Waals surface area contributed by atoms with Crippen LogP contribution in [-0.4, -0.2) is 33.7 Å². The van der Waals surface area contributed by atoms with Crippen molar-refractivity contribution in [1.29, 1.82) is 0 Å². The summed E-state index contributed by atoms with van der Waals surface area (Å²) in [4.78, 5) is 13.3. The zero-order chi connectivity index (χ0) is 19.3. The number of methoxy groups -OCH3 is 1. The second-order valence-electron chi connectivity index (χ2n) is 5.69. The average molecular weight is 395 g/mol. The van der Waals surface area contributed by atoms with Gasteiger partial charge >= 0.3 is 0 Å². The molecule has 0 aromatic heterocycles. The van der Waals surface area contributed by atoms with E-state index < -0.39 is 22.0 Å². The van der Waals surface area contributed by atoms with Crippen LogP contribution in [0.25, 0.3) is 0 Å². The van der Waals surface area contributed by atoms with E-state index >= 15 is 0 Å². The number of nitrogens with one attached hydrogen (secondary N) is 2. The van der Waals surface area contributed by atoms with E-state index in [0.29, 0.717) is 5.69 Å². The number of anilines is 1. The lowest BCUT2D eigenvalue weighted by Crippen LogP contribution is -2.41. The number of hydrogen-bond acceptors (Lipinski definition) is 5. The Morgan fingerprint density at radius 2 is 1.88 bits per heavy atom. The van der Waals surface area contributed by atoms with Gasteiger partial charge in [0.05, 0.1) is 18.8 Å². The van der Waals surface area contributed by atoms with E-state index in [-0.39, 0.29) is 10.6 Å². The van der Waals surface area contributed by atoms with Gasteiger partial charge in [-0.15, -0.1) is 11.8 Å². The van der Waals surface area contributed by atoms with Crippen LogP contribution in [0.5, 0.6) is 5.75 Å². The summed E-state index contributed by atoms with van der Waals surface area (Å²) in [6.07, 6.45) is 1.90. The molecule has 0 aliphatic carbocycles. The van der Waals surface area contributed by atoms with E-state index in [1.807, 2.05) is 24.5 Å². The second-order valence-corrected chi connectivity index (χ2v) is 8.22. The normalized spacial score (nSPS) is 12.5. The molecule has 0 spiro atoms. The van der Waals surface area contributed by atoms with E-state index in [1.165, 1.54) is 31.9 Å². The number of sulfonamides is 1. The second kappa shape index (κ2) is 8.57. The van der Waals surface area contributed by atoms with Crippen LogP contribution in [0.4, 0.5) is 5.69 Å². The van der Waals surface area contributed by atoms with Gasteiger partial charge in [0.2, 0.25) is 15.9 Å². The SMILES string of the molecule is COc1ccc(C)cc1S(=O)(=O)N[C@@H](C)C(=O)Nc1ccccc1SC. The molecule has 0 fully saturated rings. The van der Waals surface area contributed by atoms with Crippen LogP contribution >= 0.6 is 11.8 Å². The highest BCUT2D eigenvalue weighted by Gasteiger charge is 2.25. The first-order valence-electron chi connectivity index (χ1n) is 7.89. The maximum absolute atomic E-state index is 12.7. The Kier molecular flexibility index (Phi) is 6.69. The first kappa shape index (κ1) is 20.3. The average Bonchev–Trinajstić information content (AvgIpc) is 2.61. The van der Waals surface area contributed by atoms with Gasteiger partial charge < -0.3 is 10.1 Å². The molecule has 0 aliphatic heterocycles. The minimum atomic E-state index is -3.92. The molecule has 0 bridgehead atoms. The number of hydrogen-bond donors (Lipinski definition) is 2. The predicted octanol–water partition coefficient (Wildman–Crippen LogP) is 3.03. The first-order valence-corrected chi connectivity index (χ1v) is 10.6. The van der Waals surface area contributed by atoms with Crippen molar-refractivity contribution >= 4 is 33.4 Å². The summed E-state index contributed by atoms with van der Waals surface area (Å²) in [5.41, 5.74) is 1.42. The largest absolute Gasteiger partial charge is 0.495 e. The summed E-state index contributed by atoms with van der Waals surface area (Å²) in [5, 5.41) is 2.76. The lowest BCUT2D eigenvalue weighted by molar-refractivity contribution is -0.117. The lowest BCUT2D eigenvalue weighted by Gasteiger charge is -2.17. The molecule has 0 heterocycles. The Labute approximate surface area is 158 Å². The van der Waals surface area contributed by atoms with Gasteiger partial charge in [-0.2, -0.15) is 4.72 Å². The third-order valence-corrected chi connectivity index (χ3v) is 6.06. The quantitative estimate of drug-likeness (QED) is 0.705. The molecule has 1 atom stereocenters. The molecule has 0 radical (unpaired) electrons. The molecule has 2 aromatic rings. The van der Waals surface area contributed by atoms with E-state index in [0.717, 1.165) is 10.5 Å². The fourth-order valence-electron chi connectivity index (χ4n) is 2.33. The van der Waals surface area contributed by atoms with Gasteiger partial charge in [0.15, 0.2) is 0 Å². The Balaban J connectivity index is 2.19. The summed E-state index contributed by atoms with van der Waals surface area (Å²) < 4.78 is 32.9. The molecule has 6 nitrogen and oxygen atoms in total. The van der Waals surface area contributed by atoms with Gasteiger partial charge in [-0.1, -0.05) is 18.2 Å². The number of thioether (sulfide) groups is 1. The number of aryl methyl sites for hydroxylation is 1. The number of carbonyl (C=O) groups is 1. The summed E-state index contributed by atoms with van der Waals surface area (Å²) in [7, 11) is -2.52. The molecular formula is C18H22N2O4S2. The van der Waals surface area contributed by atoms with E-state index in [2.05, 4.69) is 10.0 Å². The molecule has 140 valence electrons. The summed E-state index contributed by atoms with van der Waals surface area (Å²) in [6, 6.07) is 11.2. The number of carbonyl (C=O) groups excluding carboxylic acids is 1. The van der Waals surface area contributed by atoms with Crippen molar-refractivity contribution < 1.29 is 17.9 Å². The topological polar surface area (TPSA) is 84.5 Å². The number of amides is 1. The van der Waals surface area contributed by atoms with Gasteiger partial charge in [0.1, 0.15) is 10.6 Å². The molecule has 0 unspecified atom stereocenters.